The molecule has 0 radical (unpaired) electrons. The highest BCUT2D eigenvalue weighted by Gasteiger charge is 2.13. The van der Waals surface area contributed by atoms with Gasteiger partial charge in [0.1, 0.15) is 0 Å². The number of hydrogen-bond acceptors (Lipinski definition) is 3. The molecule has 14 heavy (non-hydrogen) atoms. The Kier molecular flexibility index (Phi) is 4.43. The van der Waals surface area contributed by atoms with Gasteiger partial charge < -0.3 is 15.2 Å². The molecule has 0 aromatic heterocycles. The maximum Gasteiger partial charge on any atom is 0.185 e. The average Bonchev–Trinajstić information content (AvgIpc) is 2.18. The first kappa shape index (κ1) is 11.0. The van der Waals surface area contributed by atoms with Crippen LogP contribution in [0, 0.1) is 0 Å². The zero-order valence-electron chi connectivity index (χ0n) is 8.69. The molecule has 3 nitrogen and oxygen atoms in total. The van der Waals surface area contributed by atoms with Crippen molar-refractivity contribution in [2.45, 2.75) is 20.1 Å². The molecule has 0 aliphatic carbocycles. The summed E-state index contributed by atoms with van der Waals surface area (Å²) >= 11 is 0. The number of para-hydroxylation sites is 1. The van der Waals surface area contributed by atoms with Crippen LogP contribution in [0.25, 0.3) is 0 Å². The predicted molar refractivity (Wildman–Crippen MR) is 56.8 cm³/mol. The Bertz CT molecular complexity index is 270. The molecule has 1 rings (SSSR count). The summed E-state index contributed by atoms with van der Waals surface area (Å²) in [5.41, 5.74) is 7.43. The second-order valence-corrected chi connectivity index (χ2v) is 2.87. The van der Waals surface area contributed by atoms with Gasteiger partial charge in [0.25, 0.3) is 0 Å². The van der Waals surface area contributed by atoms with Gasteiger partial charge in [0.2, 0.25) is 0 Å². The molecule has 0 bridgehead atoms. The van der Waals surface area contributed by atoms with Crippen LogP contribution in [-0.4, -0.2) is 13.2 Å². The van der Waals surface area contributed by atoms with Crippen LogP contribution in [0.4, 0.5) is 5.69 Å². The molecule has 0 saturated carbocycles. The van der Waals surface area contributed by atoms with Crippen molar-refractivity contribution in [3.63, 3.8) is 0 Å². The van der Waals surface area contributed by atoms with Crippen molar-refractivity contribution in [1.82, 2.24) is 0 Å². The third kappa shape index (κ3) is 2.72. The van der Waals surface area contributed by atoms with E-state index in [2.05, 4.69) is 0 Å². The Morgan fingerprint density at radius 2 is 1.71 bits per heavy atom. The smallest absolute Gasteiger partial charge is 0.185 e. The van der Waals surface area contributed by atoms with E-state index in [0.29, 0.717) is 18.9 Å². The van der Waals surface area contributed by atoms with Gasteiger partial charge in [-0.3, -0.25) is 0 Å². The van der Waals surface area contributed by atoms with Crippen LogP contribution in [0.5, 0.6) is 0 Å². The first-order valence-corrected chi connectivity index (χ1v) is 4.87. The first-order valence-electron chi connectivity index (χ1n) is 4.87. The van der Waals surface area contributed by atoms with E-state index in [9.17, 15) is 0 Å². The van der Waals surface area contributed by atoms with Crippen LogP contribution >= 0.6 is 0 Å². The van der Waals surface area contributed by atoms with E-state index in [1.54, 1.807) is 0 Å². The molecule has 3 heteroatoms. The van der Waals surface area contributed by atoms with Gasteiger partial charge in [-0.25, -0.2) is 0 Å². The molecule has 0 aliphatic heterocycles. The lowest BCUT2D eigenvalue weighted by Crippen LogP contribution is -2.10. The van der Waals surface area contributed by atoms with Gasteiger partial charge in [-0.05, 0) is 19.9 Å². The quantitative estimate of drug-likeness (QED) is 0.579. The fourth-order valence-corrected chi connectivity index (χ4v) is 1.26. The zero-order chi connectivity index (χ0) is 10.4. The van der Waals surface area contributed by atoms with E-state index in [-0.39, 0.29) is 6.29 Å². The predicted octanol–water partition coefficient (Wildman–Crippen LogP) is 2.34. The van der Waals surface area contributed by atoms with Gasteiger partial charge in [0.15, 0.2) is 6.29 Å². The fourth-order valence-electron chi connectivity index (χ4n) is 1.26. The third-order valence-electron chi connectivity index (χ3n) is 1.89. The highest BCUT2D eigenvalue weighted by atomic mass is 16.7. The molecule has 2 N–H and O–H groups in total. The fraction of sp³-hybridized carbons (Fsp3) is 0.455. The summed E-state index contributed by atoms with van der Waals surface area (Å²) in [6.07, 6.45) is -0.341. The van der Waals surface area contributed by atoms with E-state index in [1.165, 1.54) is 0 Å². The Labute approximate surface area is 84.8 Å². The summed E-state index contributed by atoms with van der Waals surface area (Å²) in [6.45, 7) is 5.09. The third-order valence-corrected chi connectivity index (χ3v) is 1.89. The second-order valence-electron chi connectivity index (χ2n) is 2.87. The van der Waals surface area contributed by atoms with Crippen molar-refractivity contribution >= 4 is 5.69 Å². The van der Waals surface area contributed by atoms with Crippen molar-refractivity contribution in [3.05, 3.63) is 29.8 Å². The van der Waals surface area contributed by atoms with Gasteiger partial charge in [-0.1, -0.05) is 18.2 Å². The van der Waals surface area contributed by atoms with Crippen molar-refractivity contribution in [2.75, 3.05) is 18.9 Å². The Hall–Kier alpha value is -1.06. The van der Waals surface area contributed by atoms with Crippen molar-refractivity contribution in [3.8, 4) is 0 Å². The molecule has 1 aromatic carbocycles. The minimum Gasteiger partial charge on any atom is -0.398 e. The highest BCUT2D eigenvalue weighted by molar-refractivity contribution is 5.47. The molecule has 0 heterocycles. The van der Waals surface area contributed by atoms with Crippen LogP contribution in [0.15, 0.2) is 24.3 Å². The van der Waals surface area contributed by atoms with Crippen molar-refractivity contribution in [1.29, 1.82) is 0 Å². The topological polar surface area (TPSA) is 44.5 Å². The maximum atomic E-state index is 5.82. The number of rotatable bonds is 5. The summed E-state index contributed by atoms with van der Waals surface area (Å²) < 4.78 is 10.9. The normalized spacial score (nSPS) is 10.8. The highest BCUT2D eigenvalue weighted by Crippen LogP contribution is 2.24. The summed E-state index contributed by atoms with van der Waals surface area (Å²) in [4.78, 5) is 0. The van der Waals surface area contributed by atoms with E-state index in [0.717, 1.165) is 5.56 Å². The number of nitrogen functional groups attached to an aromatic ring is 1. The second kappa shape index (κ2) is 5.62. The van der Waals surface area contributed by atoms with Crippen molar-refractivity contribution in [2.24, 2.45) is 0 Å². The zero-order valence-corrected chi connectivity index (χ0v) is 8.69. The van der Waals surface area contributed by atoms with Crippen LogP contribution in [0.2, 0.25) is 0 Å². The molecule has 0 fully saturated rings. The summed E-state index contributed by atoms with van der Waals surface area (Å²) in [5, 5.41) is 0. The average molecular weight is 195 g/mol. The van der Waals surface area contributed by atoms with E-state index >= 15 is 0 Å². The van der Waals surface area contributed by atoms with Crippen molar-refractivity contribution < 1.29 is 9.47 Å². The van der Waals surface area contributed by atoms with Gasteiger partial charge in [-0.2, -0.15) is 0 Å². The lowest BCUT2D eigenvalue weighted by molar-refractivity contribution is -0.139. The van der Waals surface area contributed by atoms with E-state index < -0.39 is 0 Å². The molecule has 0 amide bonds. The molecule has 0 saturated heterocycles. The van der Waals surface area contributed by atoms with Gasteiger partial charge in [0, 0.05) is 24.5 Å². The Morgan fingerprint density at radius 3 is 2.21 bits per heavy atom. The lowest BCUT2D eigenvalue weighted by atomic mass is 10.2. The van der Waals surface area contributed by atoms with Crippen LogP contribution < -0.4 is 5.73 Å². The van der Waals surface area contributed by atoms with Gasteiger partial charge >= 0.3 is 0 Å². The molecule has 0 atom stereocenters. The maximum absolute atomic E-state index is 5.82. The molecular formula is C11H17NO2. The SMILES string of the molecule is CCOC(OCC)c1ccccc1N. The number of benzene rings is 1. The largest absolute Gasteiger partial charge is 0.398 e. The molecule has 1 aromatic rings. The number of ether oxygens (including phenoxy) is 2. The lowest BCUT2D eigenvalue weighted by Gasteiger charge is -2.18. The van der Waals surface area contributed by atoms with E-state index in [1.807, 2.05) is 38.1 Å². The Morgan fingerprint density at radius 1 is 1.14 bits per heavy atom. The molecule has 0 spiro atoms. The van der Waals surface area contributed by atoms with Crippen LogP contribution in [-0.2, 0) is 9.47 Å². The van der Waals surface area contributed by atoms with Crippen LogP contribution in [0.3, 0.4) is 0 Å². The first-order chi connectivity index (χ1) is 6.79. The molecule has 0 aliphatic rings. The van der Waals surface area contributed by atoms with E-state index in [4.69, 9.17) is 15.2 Å². The number of anilines is 1. The monoisotopic (exact) mass is 195 g/mol. The summed E-state index contributed by atoms with van der Waals surface area (Å²) in [7, 11) is 0. The standard InChI is InChI=1S/C11H17NO2/c1-3-13-11(14-4-2)9-7-5-6-8-10(9)12/h5-8,11H,3-4,12H2,1-2H3. The molecule has 78 valence electrons. The summed E-state index contributed by atoms with van der Waals surface area (Å²) in [6, 6.07) is 7.59. The Balaban J connectivity index is 2.81. The molecular weight excluding hydrogens is 178 g/mol. The minimum absolute atomic E-state index is 0.341. The number of nitrogens with two attached hydrogens (primary N) is 1. The summed E-state index contributed by atoms with van der Waals surface area (Å²) in [5.74, 6) is 0. The molecule has 0 unspecified atom stereocenters. The van der Waals surface area contributed by atoms with Gasteiger partial charge in [-0.15, -0.1) is 0 Å². The minimum atomic E-state index is -0.341. The van der Waals surface area contributed by atoms with Crippen LogP contribution in [0.1, 0.15) is 25.7 Å². The van der Waals surface area contributed by atoms with Gasteiger partial charge in [0.05, 0.1) is 0 Å². The number of hydrogen-bond donors (Lipinski definition) is 1.